The van der Waals surface area contributed by atoms with Gasteiger partial charge in [0.05, 0.1) is 18.4 Å². The van der Waals surface area contributed by atoms with Crippen LogP contribution in [0.3, 0.4) is 0 Å². The van der Waals surface area contributed by atoms with Crippen molar-refractivity contribution in [1.29, 1.82) is 0 Å². The Morgan fingerprint density at radius 1 is 1.37 bits per heavy atom. The van der Waals surface area contributed by atoms with E-state index in [0.717, 1.165) is 0 Å². The fourth-order valence-electron chi connectivity index (χ4n) is 1.44. The van der Waals surface area contributed by atoms with E-state index in [-0.39, 0.29) is 5.75 Å². The van der Waals surface area contributed by atoms with E-state index in [4.69, 9.17) is 11.6 Å². The molecule has 1 N–H and O–H groups in total. The number of alkyl halides is 1. The molecule has 7 heteroatoms. The Balaban J connectivity index is 2.73. The van der Waals surface area contributed by atoms with E-state index in [0.29, 0.717) is 30.0 Å². The molecule has 0 atom stereocenters. The lowest BCUT2D eigenvalue weighted by molar-refractivity contribution is 0.0601. The van der Waals surface area contributed by atoms with Crippen LogP contribution in [0.1, 0.15) is 23.2 Å². The van der Waals surface area contributed by atoms with Crippen LogP contribution in [0.5, 0.6) is 0 Å². The Labute approximate surface area is 118 Å². The number of rotatable bonds is 7. The molecule has 0 aliphatic heterocycles. The van der Waals surface area contributed by atoms with Crippen molar-refractivity contribution in [2.45, 2.75) is 12.8 Å². The number of unbranched alkanes of at least 4 members (excludes halogenated alkanes) is 1. The lowest BCUT2D eigenvalue weighted by Gasteiger charge is -2.08. The van der Waals surface area contributed by atoms with Crippen molar-refractivity contribution in [2.75, 3.05) is 23.5 Å². The maximum Gasteiger partial charge on any atom is 0.337 e. The van der Waals surface area contributed by atoms with E-state index in [2.05, 4.69) is 9.46 Å². The van der Waals surface area contributed by atoms with E-state index >= 15 is 0 Å². The van der Waals surface area contributed by atoms with Gasteiger partial charge in [0.25, 0.3) is 0 Å². The highest BCUT2D eigenvalue weighted by molar-refractivity contribution is 7.92. The van der Waals surface area contributed by atoms with Gasteiger partial charge in [-0.3, -0.25) is 4.72 Å². The first-order chi connectivity index (χ1) is 8.98. The summed E-state index contributed by atoms with van der Waals surface area (Å²) in [5, 5.41) is 0. The molecule has 0 radical (unpaired) electrons. The molecule has 0 aliphatic rings. The molecule has 0 fully saturated rings. The van der Waals surface area contributed by atoms with Crippen LogP contribution in [0.4, 0.5) is 5.69 Å². The molecule has 19 heavy (non-hydrogen) atoms. The fourth-order valence-corrected chi connectivity index (χ4v) is 2.81. The summed E-state index contributed by atoms with van der Waals surface area (Å²) < 4.78 is 30.5. The zero-order chi connectivity index (χ0) is 14.3. The standard InChI is InChI=1S/C12H16ClNO4S/c1-18-12(15)10-5-4-6-11(9-10)14-19(16,17)8-3-2-7-13/h4-6,9,14H,2-3,7-8H2,1H3. The number of nitrogens with one attached hydrogen (secondary N) is 1. The molecule has 1 rings (SSSR count). The summed E-state index contributed by atoms with van der Waals surface area (Å²) in [6, 6.07) is 6.15. The number of hydrogen-bond donors (Lipinski definition) is 1. The summed E-state index contributed by atoms with van der Waals surface area (Å²) in [7, 11) is -2.15. The minimum Gasteiger partial charge on any atom is -0.465 e. The quantitative estimate of drug-likeness (QED) is 0.476. The molecule has 5 nitrogen and oxygen atoms in total. The van der Waals surface area contributed by atoms with Crippen LogP contribution in [0.25, 0.3) is 0 Å². The van der Waals surface area contributed by atoms with Crippen LogP contribution in [0, 0.1) is 0 Å². The Morgan fingerprint density at radius 2 is 2.11 bits per heavy atom. The number of hydrogen-bond acceptors (Lipinski definition) is 4. The summed E-state index contributed by atoms with van der Waals surface area (Å²) in [6.07, 6.45) is 1.14. The van der Waals surface area contributed by atoms with Crippen LogP contribution in [-0.2, 0) is 14.8 Å². The minimum atomic E-state index is -3.42. The summed E-state index contributed by atoms with van der Waals surface area (Å²) in [6.45, 7) is 0. The molecule has 0 unspecified atom stereocenters. The van der Waals surface area contributed by atoms with Gasteiger partial charge in [-0.05, 0) is 31.0 Å². The largest absolute Gasteiger partial charge is 0.465 e. The van der Waals surface area contributed by atoms with Crippen molar-refractivity contribution < 1.29 is 17.9 Å². The Hall–Kier alpha value is -1.27. The van der Waals surface area contributed by atoms with Crippen molar-refractivity contribution in [3.8, 4) is 0 Å². The summed E-state index contributed by atoms with van der Waals surface area (Å²) >= 11 is 5.50. The molecule has 1 aromatic rings. The Morgan fingerprint density at radius 3 is 2.74 bits per heavy atom. The monoisotopic (exact) mass is 305 g/mol. The maximum absolute atomic E-state index is 11.8. The molecule has 0 spiro atoms. The van der Waals surface area contributed by atoms with Gasteiger partial charge in [-0.2, -0.15) is 0 Å². The van der Waals surface area contributed by atoms with E-state index in [1.807, 2.05) is 0 Å². The third-order valence-electron chi connectivity index (χ3n) is 2.35. The minimum absolute atomic E-state index is 0.00215. The van der Waals surface area contributed by atoms with E-state index < -0.39 is 16.0 Å². The van der Waals surface area contributed by atoms with Gasteiger partial charge in [0.2, 0.25) is 10.0 Å². The number of methoxy groups -OCH3 is 1. The second kappa shape index (κ2) is 7.35. The van der Waals surface area contributed by atoms with Gasteiger partial charge in [-0.1, -0.05) is 6.07 Å². The normalized spacial score (nSPS) is 11.1. The average Bonchev–Trinajstić information content (AvgIpc) is 2.37. The molecule has 0 saturated carbocycles. The first kappa shape index (κ1) is 15.8. The van der Waals surface area contributed by atoms with Gasteiger partial charge in [-0.15, -0.1) is 11.6 Å². The number of halogens is 1. The number of carbonyl (C=O) groups excluding carboxylic acids is 1. The van der Waals surface area contributed by atoms with Crippen molar-refractivity contribution in [1.82, 2.24) is 0 Å². The Bertz CT molecular complexity index is 530. The van der Waals surface area contributed by atoms with Crippen LogP contribution in [0.15, 0.2) is 24.3 Å². The number of sulfonamides is 1. The summed E-state index contributed by atoms with van der Waals surface area (Å²) in [5.74, 6) is -0.0709. The zero-order valence-electron chi connectivity index (χ0n) is 10.6. The second-order valence-electron chi connectivity index (χ2n) is 3.89. The number of ether oxygens (including phenoxy) is 1. The van der Waals surface area contributed by atoms with Gasteiger partial charge in [0.15, 0.2) is 0 Å². The third-order valence-corrected chi connectivity index (χ3v) is 3.99. The molecule has 0 bridgehead atoms. The molecular weight excluding hydrogens is 290 g/mol. The van der Waals surface area contributed by atoms with Gasteiger partial charge < -0.3 is 4.74 Å². The topological polar surface area (TPSA) is 72.5 Å². The fraction of sp³-hybridized carbons (Fsp3) is 0.417. The maximum atomic E-state index is 11.8. The molecule has 0 amide bonds. The second-order valence-corrected chi connectivity index (χ2v) is 6.11. The predicted molar refractivity (Wildman–Crippen MR) is 75.1 cm³/mol. The highest BCUT2D eigenvalue weighted by Gasteiger charge is 2.12. The van der Waals surface area contributed by atoms with Crippen LogP contribution in [-0.4, -0.2) is 33.1 Å². The highest BCUT2D eigenvalue weighted by atomic mass is 35.5. The average molecular weight is 306 g/mol. The molecule has 0 aliphatic carbocycles. The molecule has 0 heterocycles. The van der Waals surface area contributed by atoms with Crippen molar-refractivity contribution >= 4 is 33.3 Å². The van der Waals surface area contributed by atoms with Crippen molar-refractivity contribution in [3.63, 3.8) is 0 Å². The SMILES string of the molecule is COC(=O)c1cccc(NS(=O)(=O)CCCCCl)c1. The van der Waals surface area contributed by atoms with Gasteiger partial charge in [0.1, 0.15) is 0 Å². The molecule has 1 aromatic carbocycles. The zero-order valence-corrected chi connectivity index (χ0v) is 12.1. The number of esters is 1. The summed E-state index contributed by atoms with van der Waals surface area (Å²) in [4.78, 5) is 11.3. The molecule has 0 saturated heterocycles. The van der Waals surface area contributed by atoms with Crippen LogP contribution < -0.4 is 4.72 Å². The van der Waals surface area contributed by atoms with Crippen LogP contribution in [0.2, 0.25) is 0 Å². The highest BCUT2D eigenvalue weighted by Crippen LogP contribution is 2.14. The lowest BCUT2D eigenvalue weighted by atomic mass is 10.2. The molecular formula is C12H16ClNO4S. The number of benzene rings is 1. The van der Waals surface area contributed by atoms with Crippen LogP contribution >= 0.6 is 11.6 Å². The van der Waals surface area contributed by atoms with E-state index in [1.54, 1.807) is 18.2 Å². The van der Waals surface area contributed by atoms with Crippen molar-refractivity contribution in [3.05, 3.63) is 29.8 Å². The van der Waals surface area contributed by atoms with Crippen molar-refractivity contribution in [2.24, 2.45) is 0 Å². The Kier molecular flexibility index (Phi) is 6.11. The van der Waals surface area contributed by atoms with E-state index in [1.165, 1.54) is 13.2 Å². The third kappa shape index (κ3) is 5.48. The van der Waals surface area contributed by atoms with Gasteiger partial charge >= 0.3 is 5.97 Å². The first-order valence-corrected chi connectivity index (χ1v) is 7.92. The first-order valence-electron chi connectivity index (χ1n) is 5.73. The summed E-state index contributed by atoms with van der Waals surface area (Å²) in [5.41, 5.74) is 0.636. The molecule has 106 valence electrons. The number of anilines is 1. The predicted octanol–water partition coefficient (Wildman–Crippen LogP) is 2.23. The molecule has 0 aromatic heterocycles. The van der Waals surface area contributed by atoms with Gasteiger partial charge in [0, 0.05) is 11.6 Å². The smallest absolute Gasteiger partial charge is 0.337 e. The van der Waals surface area contributed by atoms with Gasteiger partial charge in [-0.25, -0.2) is 13.2 Å². The van der Waals surface area contributed by atoms with E-state index in [9.17, 15) is 13.2 Å². The number of carbonyl (C=O) groups is 1. The lowest BCUT2D eigenvalue weighted by Crippen LogP contribution is -2.17.